The molecule has 3 atom stereocenters. The van der Waals surface area contributed by atoms with Crippen molar-refractivity contribution in [2.45, 2.75) is 46.8 Å². The van der Waals surface area contributed by atoms with E-state index in [1.165, 1.54) is 13.0 Å². The molecular weight excluding hydrogens is 300 g/mol. The number of allylic oxidation sites excluding steroid dienone is 1. The topological polar surface area (TPSA) is 89.9 Å². The van der Waals surface area contributed by atoms with Gasteiger partial charge in [0.05, 0.1) is 6.61 Å². The average Bonchev–Trinajstić information content (AvgIpc) is 2.48. The first-order valence-corrected chi connectivity index (χ1v) is 7.59. The molecule has 0 unspecified atom stereocenters. The molecule has 1 aliphatic rings. The summed E-state index contributed by atoms with van der Waals surface area (Å²) < 4.78 is 10.6. The maximum Gasteiger partial charge on any atom is 0.333 e. The van der Waals surface area contributed by atoms with Crippen LogP contribution in [0, 0.1) is 11.8 Å². The molecule has 0 aromatic heterocycles. The van der Waals surface area contributed by atoms with Crippen molar-refractivity contribution in [3.63, 3.8) is 0 Å². The number of hydrogen-bond donors (Lipinski definition) is 1. The summed E-state index contributed by atoms with van der Waals surface area (Å²) in [6, 6.07) is 0. The van der Waals surface area contributed by atoms with Gasteiger partial charge < -0.3 is 14.6 Å². The summed E-state index contributed by atoms with van der Waals surface area (Å²) in [5.41, 5.74) is 0.525. The third kappa shape index (κ3) is 4.51. The van der Waals surface area contributed by atoms with Gasteiger partial charge in [-0.15, -0.1) is 0 Å². The summed E-state index contributed by atoms with van der Waals surface area (Å²) in [4.78, 5) is 35.7. The molecule has 128 valence electrons. The molecule has 0 aliphatic heterocycles. The molecule has 6 nitrogen and oxygen atoms in total. The number of esters is 2. The summed E-state index contributed by atoms with van der Waals surface area (Å²) in [5.74, 6) is -2.13. The molecule has 0 heterocycles. The van der Waals surface area contributed by atoms with E-state index in [-0.39, 0.29) is 11.5 Å². The van der Waals surface area contributed by atoms with Crippen LogP contribution in [0.1, 0.15) is 34.6 Å². The smallest absolute Gasteiger partial charge is 0.333 e. The van der Waals surface area contributed by atoms with Gasteiger partial charge in [0.2, 0.25) is 5.78 Å². The van der Waals surface area contributed by atoms with E-state index in [0.717, 1.165) is 0 Å². The molecule has 0 spiro atoms. The van der Waals surface area contributed by atoms with Crippen LogP contribution in [-0.4, -0.2) is 41.6 Å². The number of carbonyl (C=O) groups is 3. The van der Waals surface area contributed by atoms with E-state index in [1.54, 1.807) is 19.9 Å². The van der Waals surface area contributed by atoms with E-state index in [9.17, 15) is 19.5 Å². The Morgan fingerprint density at radius 3 is 2.35 bits per heavy atom. The van der Waals surface area contributed by atoms with Crippen LogP contribution in [0.15, 0.2) is 23.3 Å². The van der Waals surface area contributed by atoms with Crippen LogP contribution in [0.5, 0.6) is 0 Å². The van der Waals surface area contributed by atoms with Crippen molar-refractivity contribution in [1.29, 1.82) is 0 Å². The van der Waals surface area contributed by atoms with Gasteiger partial charge in [0.15, 0.2) is 6.10 Å². The minimum absolute atomic E-state index is 0.0801. The Bertz CT molecular complexity index is 543. The van der Waals surface area contributed by atoms with Gasteiger partial charge in [-0.25, -0.2) is 4.79 Å². The first kappa shape index (κ1) is 19.1. The quantitative estimate of drug-likeness (QED) is 0.610. The molecule has 0 saturated carbocycles. The molecule has 0 aromatic carbocycles. The molecule has 0 saturated heterocycles. The van der Waals surface area contributed by atoms with Gasteiger partial charge in [0.25, 0.3) is 0 Å². The second kappa shape index (κ2) is 8.06. The summed E-state index contributed by atoms with van der Waals surface area (Å²) in [7, 11) is 0. The molecular formula is C17H24O6. The highest BCUT2D eigenvalue weighted by Crippen LogP contribution is 2.32. The molecule has 1 aliphatic carbocycles. The second-order valence-electron chi connectivity index (χ2n) is 5.91. The Morgan fingerprint density at radius 1 is 1.30 bits per heavy atom. The molecule has 0 bridgehead atoms. The molecule has 0 fully saturated rings. The zero-order valence-electron chi connectivity index (χ0n) is 14.2. The fourth-order valence-electron chi connectivity index (χ4n) is 2.54. The molecule has 6 heteroatoms. The van der Waals surface area contributed by atoms with Crippen LogP contribution in [0.25, 0.3) is 0 Å². The minimum Gasteiger partial charge on any atom is -0.454 e. The van der Waals surface area contributed by atoms with Crippen LogP contribution < -0.4 is 0 Å². The zero-order chi connectivity index (χ0) is 17.7. The van der Waals surface area contributed by atoms with E-state index in [2.05, 4.69) is 0 Å². The minimum atomic E-state index is -1.07. The number of rotatable bonds is 5. The third-order valence-corrected chi connectivity index (χ3v) is 3.90. The maximum absolute atomic E-state index is 12.4. The monoisotopic (exact) mass is 324 g/mol. The third-order valence-electron chi connectivity index (χ3n) is 3.90. The lowest BCUT2D eigenvalue weighted by atomic mass is 9.77. The van der Waals surface area contributed by atoms with E-state index in [4.69, 9.17) is 9.47 Å². The SMILES string of the molecule is C/C=C(/C)C(=O)O[C@H]1C=C(CO)C(=O)[C@H](OC(C)=O)[C@H]1C(C)C. The lowest BCUT2D eigenvalue weighted by molar-refractivity contribution is -0.164. The van der Waals surface area contributed by atoms with Gasteiger partial charge in [-0.2, -0.15) is 0 Å². The lowest BCUT2D eigenvalue weighted by Gasteiger charge is -2.37. The highest BCUT2D eigenvalue weighted by atomic mass is 16.6. The largest absolute Gasteiger partial charge is 0.454 e. The normalized spacial score (nSPS) is 25.2. The summed E-state index contributed by atoms with van der Waals surface area (Å²) in [6.07, 6.45) is 1.26. The van der Waals surface area contributed by atoms with Crippen LogP contribution >= 0.6 is 0 Å². The van der Waals surface area contributed by atoms with Gasteiger partial charge in [0.1, 0.15) is 6.10 Å². The Balaban J connectivity index is 3.22. The standard InChI is InChI=1S/C17H24O6/c1-6-10(4)17(21)23-13-7-12(8-18)15(20)16(22-11(5)19)14(13)9(2)3/h6-7,9,13-14,16,18H,8H2,1-5H3/b10-6-/t13-,14-,16+/m0/s1. The molecule has 1 N–H and O–H groups in total. The lowest BCUT2D eigenvalue weighted by Crippen LogP contribution is -2.48. The van der Waals surface area contributed by atoms with Crippen LogP contribution in [0.4, 0.5) is 0 Å². The molecule has 0 radical (unpaired) electrons. The Morgan fingerprint density at radius 2 is 1.91 bits per heavy atom. The molecule has 1 rings (SSSR count). The predicted molar refractivity (Wildman–Crippen MR) is 83.4 cm³/mol. The summed E-state index contributed by atoms with van der Waals surface area (Å²) in [5, 5.41) is 9.36. The molecule has 0 aromatic rings. The van der Waals surface area contributed by atoms with Gasteiger partial charge in [0, 0.05) is 24.0 Å². The number of hydrogen-bond acceptors (Lipinski definition) is 6. The fourth-order valence-corrected chi connectivity index (χ4v) is 2.54. The van der Waals surface area contributed by atoms with E-state index >= 15 is 0 Å². The highest BCUT2D eigenvalue weighted by molar-refractivity contribution is 6.01. The van der Waals surface area contributed by atoms with Crippen molar-refractivity contribution in [1.82, 2.24) is 0 Å². The summed E-state index contributed by atoms with van der Waals surface area (Å²) >= 11 is 0. The number of ether oxygens (including phenoxy) is 2. The van der Waals surface area contributed by atoms with Crippen LogP contribution in [-0.2, 0) is 23.9 Å². The van der Waals surface area contributed by atoms with Gasteiger partial charge in [-0.3, -0.25) is 9.59 Å². The van der Waals surface area contributed by atoms with Crippen molar-refractivity contribution >= 4 is 17.7 Å². The van der Waals surface area contributed by atoms with Crippen molar-refractivity contribution in [3.05, 3.63) is 23.3 Å². The first-order valence-electron chi connectivity index (χ1n) is 7.59. The number of aliphatic hydroxyl groups excluding tert-OH is 1. The van der Waals surface area contributed by atoms with Gasteiger partial charge in [-0.1, -0.05) is 19.9 Å². The predicted octanol–water partition coefficient (Wildman–Crippen LogP) is 1.57. The van der Waals surface area contributed by atoms with Crippen molar-refractivity contribution < 1.29 is 29.0 Å². The number of ketones is 1. The Labute approximate surface area is 136 Å². The number of carbonyl (C=O) groups excluding carboxylic acids is 3. The number of Topliss-reactive ketones (excluding diaryl/α,β-unsaturated/α-hetero) is 1. The van der Waals surface area contributed by atoms with Crippen molar-refractivity contribution in [2.75, 3.05) is 6.61 Å². The summed E-state index contributed by atoms with van der Waals surface area (Å²) in [6.45, 7) is 7.77. The fraction of sp³-hybridized carbons (Fsp3) is 0.588. The van der Waals surface area contributed by atoms with E-state index in [1.807, 2.05) is 13.8 Å². The highest BCUT2D eigenvalue weighted by Gasteiger charge is 2.44. The van der Waals surface area contributed by atoms with E-state index < -0.39 is 42.5 Å². The van der Waals surface area contributed by atoms with Crippen LogP contribution in [0.3, 0.4) is 0 Å². The maximum atomic E-state index is 12.4. The molecule has 23 heavy (non-hydrogen) atoms. The zero-order valence-corrected chi connectivity index (χ0v) is 14.2. The van der Waals surface area contributed by atoms with Gasteiger partial charge >= 0.3 is 11.9 Å². The van der Waals surface area contributed by atoms with Crippen molar-refractivity contribution in [3.8, 4) is 0 Å². The number of aliphatic hydroxyl groups is 1. The van der Waals surface area contributed by atoms with Crippen molar-refractivity contribution in [2.24, 2.45) is 11.8 Å². The Hall–Kier alpha value is -1.95. The average molecular weight is 324 g/mol. The molecule has 0 amide bonds. The van der Waals surface area contributed by atoms with Crippen LogP contribution in [0.2, 0.25) is 0 Å². The first-order chi connectivity index (χ1) is 10.7. The van der Waals surface area contributed by atoms with E-state index in [0.29, 0.717) is 5.57 Å². The van der Waals surface area contributed by atoms with Gasteiger partial charge in [-0.05, 0) is 25.8 Å². The second-order valence-corrected chi connectivity index (χ2v) is 5.91. The Kier molecular flexibility index (Phi) is 6.69.